The topological polar surface area (TPSA) is 102 Å². The highest BCUT2D eigenvalue weighted by molar-refractivity contribution is 6.00. The monoisotopic (exact) mass is 278 g/mol. The average molecular weight is 278 g/mol. The summed E-state index contributed by atoms with van der Waals surface area (Å²) in [6.07, 6.45) is 2.76. The lowest BCUT2D eigenvalue weighted by molar-refractivity contribution is -0.384. The third-order valence-corrected chi connectivity index (χ3v) is 3.32. The molecule has 1 amide bonds. The molecule has 7 nitrogen and oxygen atoms in total. The number of nitro benzene ring substituents is 1. The van der Waals surface area contributed by atoms with Gasteiger partial charge < -0.3 is 10.3 Å². The summed E-state index contributed by atoms with van der Waals surface area (Å²) in [5.41, 5.74) is 2.25. The molecule has 2 rings (SSSR count). The summed E-state index contributed by atoms with van der Waals surface area (Å²) in [7, 11) is 0. The fourth-order valence-corrected chi connectivity index (χ4v) is 2.26. The lowest BCUT2D eigenvalue weighted by atomic mass is 10.1. The van der Waals surface area contributed by atoms with Gasteiger partial charge in [0, 0.05) is 12.6 Å². The minimum absolute atomic E-state index is 0.0887. The Hall–Kier alpha value is -2.15. The second kappa shape index (κ2) is 5.87. The van der Waals surface area contributed by atoms with E-state index in [4.69, 9.17) is 5.84 Å². The molecule has 0 unspecified atom stereocenters. The largest absolute Gasteiger partial charge is 0.335 e. The highest BCUT2D eigenvalue weighted by Crippen LogP contribution is 2.33. The van der Waals surface area contributed by atoms with Crippen LogP contribution in [0.1, 0.15) is 36.5 Å². The predicted molar refractivity (Wildman–Crippen MR) is 75.3 cm³/mol. The second-order valence-electron chi connectivity index (χ2n) is 4.83. The summed E-state index contributed by atoms with van der Waals surface area (Å²) < 4.78 is 0. The van der Waals surface area contributed by atoms with Gasteiger partial charge in [0.2, 0.25) is 0 Å². The number of nitrogen functional groups attached to an aromatic ring is 1. The van der Waals surface area contributed by atoms with E-state index in [1.807, 2.05) is 6.92 Å². The lowest BCUT2D eigenvalue weighted by Gasteiger charge is -2.22. The Morgan fingerprint density at radius 1 is 1.55 bits per heavy atom. The van der Waals surface area contributed by atoms with E-state index in [1.165, 1.54) is 12.1 Å². The predicted octanol–water partition coefficient (Wildman–Crippen LogP) is 1.89. The molecular formula is C13H18N4O3. The molecule has 0 spiro atoms. The van der Waals surface area contributed by atoms with Gasteiger partial charge in [-0.25, -0.2) is 0 Å². The Morgan fingerprint density at radius 2 is 2.25 bits per heavy atom. The van der Waals surface area contributed by atoms with Crippen molar-refractivity contribution in [3.05, 3.63) is 33.9 Å². The van der Waals surface area contributed by atoms with Gasteiger partial charge in [-0.15, -0.1) is 0 Å². The van der Waals surface area contributed by atoms with Crippen molar-refractivity contribution in [3.8, 4) is 0 Å². The highest BCUT2D eigenvalue weighted by Gasteiger charge is 2.35. The smallest absolute Gasteiger partial charge is 0.306 e. The number of carbonyl (C=O) groups excluding carboxylic acids is 1. The zero-order valence-corrected chi connectivity index (χ0v) is 11.3. The molecule has 0 bridgehead atoms. The maximum atomic E-state index is 12.6. The van der Waals surface area contributed by atoms with Gasteiger partial charge in [0.15, 0.2) is 0 Å². The first kappa shape index (κ1) is 14.3. The fraction of sp³-hybridized carbons (Fsp3) is 0.462. The van der Waals surface area contributed by atoms with Gasteiger partial charge in [-0.1, -0.05) is 13.0 Å². The summed E-state index contributed by atoms with van der Waals surface area (Å²) in [6.45, 7) is 2.59. The highest BCUT2D eigenvalue weighted by atomic mass is 16.6. The molecule has 20 heavy (non-hydrogen) atoms. The number of benzene rings is 1. The number of nitro groups is 1. The van der Waals surface area contributed by atoms with E-state index in [2.05, 4.69) is 5.43 Å². The molecule has 0 heterocycles. The molecule has 0 radical (unpaired) electrons. The number of amides is 1. The van der Waals surface area contributed by atoms with E-state index in [9.17, 15) is 14.9 Å². The lowest BCUT2D eigenvalue weighted by Crippen LogP contribution is -2.34. The minimum atomic E-state index is -0.570. The Kier molecular flexibility index (Phi) is 4.19. The van der Waals surface area contributed by atoms with Crippen LogP contribution in [0.25, 0.3) is 0 Å². The van der Waals surface area contributed by atoms with Gasteiger partial charge in [-0.05, 0) is 31.4 Å². The van der Waals surface area contributed by atoms with Crippen LogP contribution in [-0.4, -0.2) is 28.3 Å². The van der Waals surface area contributed by atoms with Crippen molar-refractivity contribution in [2.45, 2.75) is 32.2 Å². The number of para-hydroxylation sites is 1. The number of carbonyl (C=O) groups is 1. The molecule has 1 fully saturated rings. The molecule has 1 saturated carbocycles. The van der Waals surface area contributed by atoms with Gasteiger partial charge in [0.25, 0.3) is 5.91 Å². The van der Waals surface area contributed by atoms with Crippen molar-refractivity contribution in [2.75, 3.05) is 12.0 Å². The molecular weight excluding hydrogens is 260 g/mol. The van der Waals surface area contributed by atoms with Gasteiger partial charge >= 0.3 is 5.69 Å². The van der Waals surface area contributed by atoms with Crippen molar-refractivity contribution < 1.29 is 9.72 Å². The number of nitrogens with two attached hydrogens (primary N) is 1. The van der Waals surface area contributed by atoms with Crippen molar-refractivity contribution >= 4 is 17.3 Å². The van der Waals surface area contributed by atoms with Crippen LogP contribution in [0.4, 0.5) is 11.4 Å². The Bertz CT molecular complexity index is 528. The van der Waals surface area contributed by atoms with Crippen molar-refractivity contribution in [3.63, 3.8) is 0 Å². The van der Waals surface area contributed by atoms with Crippen LogP contribution in [0.15, 0.2) is 18.2 Å². The second-order valence-corrected chi connectivity index (χ2v) is 4.83. The third-order valence-electron chi connectivity index (χ3n) is 3.32. The van der Waals surface area contributed by atoms with Crippen molar-refractivity contribution in [1.29, 1.82) is 0 Å². The van der Waals surface area contributed by atoms with E-state index in [0.29, 0.717) is 6.54 Å². The average Bonchev–Trinajstić information content (AvgIpc) is 3.27. The van der Waals surface area contributed by atoms with Gasteiger partial charge in [-0.3, -0.25) is 20.8 Å². The maximum absolute atomic E-state index is 12.6. The fourth-order valence-electron chi connectivity index (χ4n) is 2.26. The molecule has 108 valence electrons. The summed E-state index contributed by atoms with van der Waals surface area (Å²) in [6, 6.07) is 4.77. The van der Waals surface area contributed by atoms with Crippen molar-refractivity contribution in [2.24, 2.45) is 5.84 Å². The summed E-state index contributed by atoms with van der Waals surface area (Å²) in [4.78, 5) is 24.9. The SMILES string of the molecule is CCCN(C(=O)c1cccc(NN)c1[N+](=O)[O-])C1CC1. The van der Waals surface area contributed by atoms with Gasteiger partial charge in [0.05, 0.1) is 4.92 Å². The standard InChI is InChI=1S/C13H18N4O3/c1-2-8-16(9-6-7-9)13(18)10-4-3-5-11(15-14)12(10)17(19)20/h3-5,9,15H,2,6-8,14H2,1H3. The minimum Gasteiger partial charge on any atom is -0.335 e. The van der Waals surface area contributed by atoms with Crippen LogP contribution in [-0.2, 0) is 0 Å². The molecule has 3 N–H and O–H groups in total. The summed E-state index contributed by atoms with van der Waals surface area (Å²) in [5.74, 6) is 4.99. The quantitative estimate of drug-likeness (QED) is 0.470. The van der Waals surface area contributed by atoms with E-state index in [-0.39, 0.29) is 28.9 Å². The summed E-state index contributed by atoms with van der Waals surface area (Å²) >= 11 is 0. The Morgan fingerprint density at radius 3 is 2.75 bits per heavy atom. The van der Waals surface area contributed by atoms with Gasteiger partial charge in [0.1, 0.15) is 11.3 Å². The van der Waals surface area contributed by atoms with Crippen LogP contribution in [0.5, 0.6) is 0 Å². The number of anilines is 1. The van der Waals surface area contributed by atoms with Crippen LogP contribution in [0.2, 0.25) is 0 Å². The van der Waals surface area contributed by atoms with Crippen LogP contribution >= 0.6 is 0 Å². The molecule has 0 atom stereocenters. The number of rotatable bonds is 6. The molecule has 1 aromatic carbocycles. The van der Waals surface area contributed by atoms with E-state index >= 15 is 0 Å². The molecule has 7 heteroatoms. The first-order valence-electron chi connectivity index (χ1n) is 6.65. The van der Waals surface area contributed by atoms with E-state index < -0.39 is 4.92 Å². The van der Waals surface area contributed by atoms with E-state index in [1.54, 1.807) is 11.0 Å². The van der Waals surface area contributed by atoms with Crippen molar-refractivity contribution in [1.82, 2.24) is 4.90 Å². The molecule has 1 aliphatic rings. The van der Waals surface area contributed by atoms with Gasteiger partial charge in [-0.2, -0.15) is 0 Å². The molecule has 0 aromatic heterocycles. The first-order chi connectivity index (χ1) is 9.60. The van der Waals surface area contributed by atoms with Crippen LogP contribution in [0, 0.1) is 10.1 Å². The van der Waals surface area contributed by atoms with Crippen LogP contribution in [0.3, 0.4) is 0 Å². The normalized spacial score (nSPS) is 13.9. The molecule has 0 saturated heterocycles. The number of hydrazine groups is 1. The number of nitrogens with one attached hydrogen (secondary N) is 1. The maximum Gasteiger partial charge on any atom is 0.306 e. The zero-order valence-electron chi connectivity index (χ0n) is 11.3. The molecule has 1 aliphatic carbocycles. The zero-order chi connectivity index (χ0) is 14.7. The first-order valence-corrected chi connectivity index (χ1v) is 6.65. The Balaban J connectivity index is 2.40. The third kappa shape index (κ3) is 2.72. The number of hydrogen-bond donors (Lipinski definition) is 2. The summed E-state index contributed by atoms with van der Waals surface area (Å²) in [5, 5.41) is 11.2. The molecule has 0 aliphatic heterocycles. The number of nitrogens with zero attached hydrogens (tertiary/aromatic N) is 2. The Labute approximate surface area is 116 Å². The van der Waals surface area contributed by atoms with Crippen LogP contribution < -0.4 is 11.3 Å². The van der Waals surface area contributed by atoms with E-state index in [0.717, 1.165) is 19.3 Å². The number of hydrogen-bond acceptors (Lipinski definition) is 5. The molecule has 1 aromatic rings.